The standard InChI is InChI=1S/C16H19N3O/c1-11-8-9-16(20-11)12(2)17-10-14-13-6-4-5-7-15(13)19(3)18-14/h4-9,12,17H,10H2,1-3H3. The summed E-state index contributed by atoms with van der Waals surface area (Å²) in [6, 6.07) is 12.5. The highest BCUT2D eigenvalue weighted by Crippen LogP contribution is 2.19. The number of nitrogens with zero attached hydrogens (tertiary/aromatic N) is 2. The van der Waals surface area contributed by atoms with E-state index < -0.39 is 0 Å². The Kier molecular flexibility index (Phi) is 3.32. The van der Waals surface area contributed by atoms with Crippen LogP contribution in [0.3, 0.4) is 0 Å². The molecule has 104 valence electrons. The fourth-order valence-electron chi connectivity index (χ4n) is 2.46. The SMILES string of the molecule is Cc1ccc(C(C)NCc2nn(C)c3ccccc23)o1. The molecule has 4 heteroatoms. The monoisotopic (exact) mass is 269 g/mol. The van der Waals surface area contributed by atoms with Gasteiger partial charge in [-0.2, -0.15) is 5.10 Å². The third kappa shape index (κ3) is 2.34. The molecule has 2 heterocycles. The van der Waals surface area contributed by atoms with Crippen LogP contribution in [-0.4, -0.2) is 9.78 Å². The lowest BCUT2D eigenvalue weighted by Gasteiger charge is -2.10. The van der Waals surface area contributed by atoms with Gasteiger partial charge < -0.3 is 9.73 Å². The molecular weight excluding hydrogens is 250 g/mol. The van der Waals surface area contributed by atoms with E-state index in [0.717, 1.165) is 29.3 Å². The zero-order chi connectivity index (χ0) is 14.1. The van der Waals surface area contributed by atoms with Crippen molar-refractivity contribution in [1.82, 2.24) is 15.1 Å². The summed E-state index contributed by atoms with van der Waals surface area (Å²) < 4.78 is 7.56. The van der Waals surface area contributed by atoms with Gasteiger partial charge in [-0.15, -0.1) is 0 Å². The molecule has 1 aromatic carbocycles. The van der Waals surface area contributed by atoms with Crippen molar-refractivity contribution >= 4 is 10.9 Å². The number of para-hydroxylation sites is 1. The molecule has 1 unspecified atom stereocenters. The summed E-state index contributed by atoms with van der Waals surface area (Å²) in [5, 5.41) is 9.25. The summed E-state index contributed by atoms with van der Waals surface area (Å²) in [7, 11) is 1.98. The summed E-state index contributed by atoms with van der Waals surface area (Å²) >= 11 is 0. The average molecular weight is 269 g/mol. The number of aryl methyl sites for hydroxylation is 2. The number of furan rings is 1. The lowest BCUT2D eigenvalue weighted by atomic mass is 10.2. The third-order valence-electron chi connectivity index (χ3n) is 3.60. The van der Waals surface area contributed by atoms with Gasteiger partial charge >= 0.3 is 0 Å². The Morgan fingerprint density at radius 3 is 2.80 bits per heavy atom. The van der Waals surface area contributed by atoms with Gasteiger partial charge in [0.05, 0.1) is 17.3 Å². The van der Waals surface area contributed by atoms with E-state index in [1.807, 2.05) is 42.9 Å². The van der Waals surface area contributed by atoms with Crippen LogP contribution in [0, 0.1) is 6.92 Å². The number of hydrogen-bond acceptors (Lipinski definition) is 3. The van der Waals surface area contributed by atoms with Gasteiger partial charge in [0.2, 0.25) is 0 Å². The third-order valence-corrected chi connectivity index (χ3v) is 3.60. The van der Waals surface area contributed by atoms with Crippen LogP contribution in [-0.2, 0) is 13.6 Å². The molecule has 1 N–H and O–H groups in total. The van der Waals surface area contributed by atoms with Crippen LogP contribution < -0.4 is 5.32 Å². The second-order valence-electron chi connectivity index (χ2n) is 5.14. The fraction of sp³-hybridized carbons (Fsp3) is 0.312. The van der Waals surface area contributed by atoms with E-state index in [2.05, 4.69) is 29.5 Å². The highest BCUT2D eigenvalue weighted by atomic mass is 16.3. The van der Waals surface area contributed by atoms with Crippen molar-refractivity contribution in [2.24, 2.45) is 7.05 Å². The van der Waals surface area contributed by atoms with Gasteiger partial charge in [0.15, 0.2) is 0 Å². The second kappa shape index (κ2) is 5.13. The summed E-state index contributed by atoms with van der Waals surface area (Å²) in [6.45, 7) is 4.79. The normalized spacial score (nSPS) is 12.9. The van der Waals surface area contributed by atoms with Gasteiger partial charge in [0, 0.05) is 19.0 Å². The quantitative estimate of drug-likeness (QED) is 0.790. The molecule has 0 spiro atoms. The van der Waals surface area contributed by atoms with Crippen molar-refractivity contribution in [3.63, 3.8) is 0 Å². The Balaban J connectivity index is 1.77. The Bertz CT molecular complexity index is 726. The average Bonchev–Trinajstić information content (AvgIpc) is 3.01. The lowest BCUT2D eigenvalue weighted by molar-refractivity contribution is 0.414. The summed E-state index contributed by atoms with van der Waals surface area (Å²) in [4.78, 5) is 0. The van der Waals surface area contributed by atoms with Gasteiger partial charge in [0.1, 0.15) is 11.5 Å². The summed E-state index contributed by atoms with van der Waals surface area (Å²) in [5.74, 6) is 1.90. The maximum absolute atomic E-state index is 5.64. The fourth-order valence-corrected chi connectivity index (χ4v) is 2.46. The van der Waals surface area contributed by atoms with Crippen LogP contribution in [0.25, 0.3) is 10.9 Å². The van der Waals surface area contributed by atoms with Gasteiger partial charge in [-0.25, -0.2) is 0 Å². The topological polar surface area (TPSA) is 43.0 Å². The van der Waals surface area contributed by atoms with Crippen molar-refractivity contribution in [3.05, 3.63) is 53.6 Å². The van der Waals surface area contributed by atoms with Crippen LogP contribution in [0.1, 0.15) is 30.2 Å². The zero-order valence-electron chi connectivity index (χ0n) is 12.1. The van der Waals surface area contributed by atoms with E-state index in [9.17, 15) is 0 Å². The van der Waals surface area contributed by atoms with E-state index in [1.165, 1.54) is 5.39 Å². The number of fused-ring (bicyclic) bond motifs is 1. The van der Waals surface area contributed by atoms with Crippen molar-refractivity contribution in [2.45, 2.75) is 26.4 Å². The Hall–Kier alpha value is -2.07. The van der Waals surface area contributed by atoms with Crippen LogP contribution in [0.2, 0.25) is 0 Å². The van der Waals surface area contributed by atoms with Crippen LogP contribution >= 0.6 is 0 Å². The zero-order valence-corrected chi connectivity index (χ0v) is 12.1. The first kappa shape index (κ1) is 12.9. The molecule has 3 rings (SSSR count). The van der Waals surface area contributed by atoms with Gasteiger partial charge in [0.25, 0.3) is 0 Å². The highest BCUT2D eigenvalue weighted by molar-refractivity contribution is 5.81. The van der Waals surface area contributed by atoms with Crippen molar-refractivity contribution in [2.75, 3.05) is 0 Å². The summed E-state index contributed by atoms with van der Waals surface area (Å²) in [6.07, 6.45) is 0. The first-order valence-corrected chi connectivity index (χ1v) is 6.85. The predicted octanol–water partition coefficient (Wildman–Crippen LogP) is 3.33. The minimum absolute atomic E-state index is 0.171. The maximum Gasteiger partial charge on any atom is 0.120 e. The molecule has 0 aliphatic carbocycles. The molecule has 0 amide bonds. The number of hydrogen-bond donors (Lipinski definition) is 1. The predicted molar refractivity (Wildman–Crippen MR) is 79.4 cm³/mol. The minimum atomic E-state index is 0.171. The molecule has 0 fully saturated rings. The van der Waals surface area contributed by atoms with E-state index >= 15 is 0 Å². The van der Waals surface area contributed by atoms with Gasteiger partial charge in [-0.1, -0.05) is 18.2 Å². The summed E-state index contributed by atoms with van der Waals surface area (Å²) in [5.41, 5.74) is 2.23. The molecule has 0 aliphatic rings. The number of rotatable bonds is 4. The molecule has 0 saturated carbocycles. The first-order chi connectivity index (χ1) is 9.65. The maximum atomic E-state index is 5.64. The molecule has 4 nitrogen and oxygen atoms in total. The second-order valence-corrected chi connectivity index (χ2v) is 5.14. The molecule has 0 radical (unpaired) electrons. The molecule has 0 aliphatic heterocycles. The van der Waals surface area contributed by atoms with Crippen molar-refractivity contribution < 1.29 is 4.42 Å². The van der Waals surface area contributed by atoms with Crippen LogP contribution in [0.5, 0.6) is 0 Å². The van der Waals surface area contributed by atoms with Crippen molar-refractivity contribution in [3.8, 4) is 0 Å². The molecule has 2 aromatic heterocycles. The van der Waals surface area contributed by atoms with Gasteiger partial charge in [-0.05, 0) is 32.0 Å². The molecule has 3 aromatic rings. The Morgan fingerprint density at radius 1 is 1.25 bits per heavy atom. The Labute approximate surface area is 118 Å². The van der Waals surface area contributed by atoms with E-state index in [-0.39, 0.29) is 6.04 Å². The number of aromatic nitrogens is 2. The highest BCUT2D eigenvalue weighted by Gasteiger charge is 2.12. The molecule has 1 atom stereocenters. The minimum Gasteiger partial charge on any atom is -0.465 e. The molecule has 20 heavy (non-hydrogen) atoms. The van der Waals surface area contributed by atoms with Crippen LogP contribution in [0.15, 0.2) is 40.8 Å². The van der Waals surface area contributed by atoms with Crippen molar-refractivity contribution in [1.29, 1.82) is 0 Å². The molecule has 0 bridgehead atoms. The first-order valence-electron chi connectivity index (χ1n) is 6.85. The van der Waals surface area contributed by atoms with Gasteiger partial charge in [-0.3, -0.25) is 4.68 Å². The number of benzene rings is 1. The van der Waals surface area contributed by atoms with E-state index in [1.54, 1.807) is 0 Å². The lowest BCUT2D eigenvalue weighted by Crippen LogP contribution is -2.18. The molecular formula is C16H19N3O. The Morgan fingerprint density at radius 2 is 2.05 bits per heavy atom. The molecule has 0 saturated heterocycles. The van der Waals surface area contributed by atoms with Crippen LogP contribution in [0.4, 0.5) is 0 Å². The largest absolute Gasteiger partial charge is 0.465 e. The smallest absolute Gasteiger partial charge is 0.120 e. The van der Waals surface area contributed by atoms with E-state index in [0.29, 0.717) is 0 Å². The number of nitrogens with one attached hydrogen (secondary N) is 1. The van der Waals surface area contributed by atoms with E-state index in [4.69, 9.17) is 4.42 Å².